The Morgan fingerprint density at radius 2 is 1.88 bits per heavy atom. The molecule has 0 unspecified atom stereocenters. The highest BCUT2D eigenvalue weighted by Gasteiger charge is 2.21. The molecule has 1 aromatic heterocycles. The van der Waals surface area contributed by atoms with Crippen molar-refractivity contribution in [1.82, 2.24) is 9.29 Å². The third-order valence-corrected chi connectivity index (χ3v) is 6.98. The number of aromatic nitrogens is 1. The van der Waals surface area contributed by atoms with Crippen LogP contribution in [0.1, 0.15) is 29.9 Å². The number of carbonyl (C=O) groups is 1. The second-order valence-corrected chi connectivity index (χ2v) is 8.81. The summed E-state index contributed by atoms with van der Waals surface area (Å²) in [5.74, 6) is 0.487. The third kappa shape index (κ3) is 4.81. The van der Waals surface area contributed by atoms with E-state index >= 15 is 0 Å². The van der Waals surface area contributed by atoms with Crippen LogP contribution in [0.15, 0.2) is 34.5 Å². The number of hydrogen-bond acceptors (Lipinski definition) is 6. The molecule has 9 heteroatoms. The number of nitrogens with zero attached hydrogens (tertiary/aromatic N) is 2. The molecule has 0 aliphatic rings. The molecule has 2 rings (SSSR count). The first-order valence-corrected chi connectivity index (χ1v) is 11.5. The highest BCUT2D eigenvalue weighted by Crippen LogP contribution is 2.20. The lowest BCUT2D eigenvalue weighted by Crippen LogP contribution is -2.30. The summed E-state index contributed by atoms with van der Waals surface area (Å²) in [6.45, 7) is 4.40. The van der Waals surface area contributed by atoms with Gasteiger partial charge in [0.05, 0.1) is 10.6 Å². The standard InChI is InChI=1S/C16H21N3O3S3/c1-4-19(5-2)25(21,22)14-8-6-12(7-9-14)15(20)18-16-17-13(10-23-3)11-24-16/h6-9,11H,4-5,10H2,1-3H3,(H,17,18,20). The Bertz CT molecular complexity index is 813. The van der Waals surface area contributed by atoms with Crippen LogP contribution in [0.4, 0.5) is 5.13 Å². The van der Waals surface area contributed by atoms with Crippen LogP contribution >= 0.6 is 23.1 Å². The molecule has 0 bridgehead atoms. The smallest absolute Gasteiger partial charge is 0.257 e. The zero-order chi connectivity index (χ0) is 18.4. The second-order valence-electron chi connectivity index (χ2n) is 5.14. The summed E-state index contributed by atoms with van der Waals surface area (Å²) in [6.07, 6.45) is 1.99. The summed E-state index contributed by atoms with van der Waals surface area (Å²) in [7, 11) is -3.52. The molecule has 0 aliphatic carbocycles. The minimum Gasteiger partial charge on any atom is -0.298 e. The molecular formula is C16H21N3O3S3. The van der Waals surface area contributed by atoms with Crippen molar-refractivity contribution in [2.24, 2.45) is 0 Å². The molecule has 0 spiro atoms. The first-order chi connectivity index (χ1) is 11.9. The Kier molecular flexibility index (Phi) is 7.00. The fourth-order valence-electron chi connectivity index (χ4n) is 2.24. The van der Waals surface area contributed by atoms with Gasteiger partial charge in [-0.25, -0.2) is 13.4 Å². The molecule has 25 heavy (non-hydrogen) atoms. The molecule has 0 saturated heterocycles. The molecular weight excluding hydrogens is 378 g/mol. The molecule has 0 atom stereocenters. The van der Waals surface area contributed by atoms with Gasteiger partial charge < -0.3 is 0 Å². The number of hydrogen-bond donors (Lipinski definition) is 1. The lowest BCUT2D eigenvalue weighted by molar-refractivity contribution is 0.102. The number of benzene rings is 1. The predicted octanol–water partition coefficient (Wildman–Crippen LogP) is 3.29. The number of thioether (sulfide) groups is 1. The van der Waals surface area contributed by atoms with Crippen molar-refractivity contribution in [1.29, 1.82) is 0 Å². The third-order valence-electron chi connectivity index (χ3n) is 3.52. The van der Waals surface area contributed by atoms with E-state index < -0.39 is 10.0 Å². The molecule has 136 valence electrons. The number of anilines is 1. The summed E-state index contributed by atoms with van der Waals surface area (Å²) >= 11 is 3.03. The maximum absolute atomic E-state index is 12.4. The van der Waals surface area contributed by atoms with Gasteiger partial charge in [0.15, 0.2) is 5.13 Å². The van der Waals surface area contributed by atoms with Crippen LogP contribution in [0.2, 0.25) is 0 Å². The van der Waals surface area contributed by atoms with Gasteiger partial charge in [-0.05, 0) is 30.5 Å². The van der Waals surface area contributed by atoms with E-state index in [4.69, 9.17) is 0 Å². The predicted molar refractivity (Wildman–Crippen MR) is 104 cm³/mol. The summed E-state index contributed by atoms with van der Waals surface area (Å²) in [5.41, 5.74) is 1.31. The maximum Gasteiger partial charge on any atom is 0.257 e. The van der Waals surface area contributed by atoms with Crippen molar-refractivity contribution in [3.05, 3.63) is 40.9 Å². The van der Waals surface area contributed by atoms with Gasteiger partial charge in [0.2, 0.25) is 10.0 Å². The van der Waals surface area contributed by atoms with Gasteiger partial charge >= 0.3 is 0 Å². The Morgan fingerprint density at radius 1 is 1.24 bits per heavy atom. The van der Waals surface area contributed by atoms with Gasteiger partial charge in [0.25, 0.3) is 5.91 Å². The van der Waals surface area contributed by atoms with Gasteiger partial charge in [-0.3, -0.25) is 10.1 Å². The minimum atomic E-state index is -3.52. The van der Waals surface area contributed by atoms with Crippen LogP contribution < -0.4 is 5.32 Å². The van der Waals surface area contributed by atoms with Crippen molar-refractivity contribution in [3.8, 4) is 0 Å². The Morgan fingerprint density at radius 3 is 2.44 bits per heavy atom. The van der Waals surface area contributed by atoms with Gasteiger partial charge in [-0.15, -0.1) is 11.3 Å². The van der Waals surface area contributed by atoms with E-state index in [2.05, 4.69) is 10.3 Å². The first kappa shape index (κ1) is 19.9. The van der Waals surface area contributed by atoms with Crippen LogP contribution in [-0.2, 0) is 15.8 Å². The van der Waals surface area contributed by atoms with E-state index in [0.29, 0.717) is 23.8 Å². The van der Waals surface area contributed by atoms with E-state index in [-0.39, 0.29) is 10.8 Å². The van der Waals surface area contributed by atoms with Gasteiger partial charge in [-0.2, -0.15) is 16.1 Å². The Balaban J connectivity index is 2.12. The molecule has 0 radical (unpaired) electrons. The molecule has 1 N–H and O–H groups in total. The van der Waals surface area contributed by atoms with Gasteiger partial charge in [0, 0.05) is 29.8 Å². The van der Waals surface area contributed by atoms with E-state index in [1.165, 1.54) is 39.9 Å². The quantitative estimate of drug-likeness (QED) is 0.737. The highest BCUT2D eigenvalue weighted by molar-refractivity contribution is 7.97. The number of thiazole rings is 1. The second kappa shape index (κ2) is 8.79. The lowest BCUT2D eigenvalue weighted by Gasteiger charge is -2.18. The topological polar surface area (TPSA) is 79.4 Å². The maximum atomic E-state index is 12.4. The van der Waals surface area contributed by atoms with Crippen molar-refractivity contribution < 1.29 is 13.2 Å². The highest BCUT2D eigenvalue weighted by atomic mass is 32.2. The molecule has 0 aliphatic heterocycles. The summed E-state index contributed by atoms with van der Waals surface area (Å²) in [5, 5.41) is 5.18. The average Bonchev–Trinajstić information content (AvgIpc) is 3.03. The molecule has 1 heterocycles. The van der Waals surface area contributed by atoms with Gasteiger partial charge in [-0.1, -0.05) is 13.8 Å². The van der Waals surface area contributed by atoms with E-state index in [1.54, 1.807) is 25.6 Å². The number of amides is 1. The summed E-state index contributed by atoms with van der Waals surface area (Å²) in [4.78, 5) is 16.8. The van der Waals surface area contributed by atoms with Crippen molar-refractivity contribution in [3.63, 3.8) is 0 Å². The normalized spacial score (nSPS) is 11.7. The molecule has 0 fully saturated rings. The minimum absolute atomic E-state index is 0.184. The van der Waals surface area contributed by atoms with Crippen molar-refractivity contribution >= 4 is 44.2 Å². The zero-order valence-electron chi connectivity index (χ0n) is 14.4. The SMILES string of the molecule is CCN(CC)S(=O)(=O)c1ccc(C(=O)Nc2nc(CSC)cs2)cc1. The van der Waals surface area contributed by atoms with Crippen molar-refractivity contribution in [2.45, 2.75) is 24.5 Å². The van der Waals surface area contributed by atoms with E-state index in [0.717, 1.165) is 11.4 Å². The van der Waals surface area contributed by atoms with Crippen molar-refractivity contribution in [2.75, 3.05) is 24.7 Å². The summed E-state index contributed by atoms with van der Waals surface area (Å²) in [6, 6.07) is 5.96. The lowest BCUT2D eigenvalue weighted by atomic mass is 10.2. The molecule has 2 aromatic rings. The molecule has 1 amide bonds. The zero-order valence-corrected chi connectivity index (χ0v) is 16.8. The number of carbonyl (C=O) groups excluding carboxylic acids is 1. The van der Waals surface area contributed by atoms with Crippen LogP contribution in [0.25, 0.3) is 0 Å². The van der Waals surface area contributed by atoms with Crippen LogP contribution in [-0.4, -0.2) is 43.0 Å². The van der Waals surface area contributed by atoms with Crippen LogP contribution in [0, 0.1) is 0 Å². The average molecular weight is 400 g/mol. The van der Waals surface area contributed by atoms with Crippen LogP contribution in [0.3, 0.4) is 0 Å². The Labute approximate surface area is 156 Å². The Hall–Kier alpha value is -1.42. The molecule has 1 aromatic carbocycles. The summed E-state index contributed by atoms with van der Waals surface area (Å²) < 4.78 is 26.3. The molecule has 6 nitrogen and oxygen atoms in total. The number of sulfonamides is 1. The van der Waals surface area contributed by atoms with Crippen LogP contribution in [0.5, 0.6) is 0 Å². The fourth-order valence-corrected chi connectivity index (χ4v) is 4.95. The van der Waals surface area contributed by atoms with Gasteiger partial charge in [0.1, 0.15) is 0 Å². The molecule has 0 saturated carbocycles. The largest absolute Gasteiger partial charge is 0.298 e. The number of nitrogens with one attached hydrogen (secondary N) is 1. The fraction of sp³-hybridized carbons (Fsp3) is 0.375. The van der Waals surface area contributed by atoms with E-state index in [9.17, 15) is 13.2 Å². The number of rotatable bonds is 8. The first-order valence-electron chi connectivity index (χ1n) is 7.77. The van der Waals surface area contributed by atoms with E-state index in [1.807, 2.05) is 11.6 Å². The monoisotopic (exact) mass is 399 g/mol.